The van der Waals surface area contributed by atoms with E-state index in [1.165, 1.54) is 6.92 Å². The zero-order valence-corrected chi connectivity index (χ0v) is 16.9. The molecule has 0 bridgehead atoms. The Hall–Kier alpha value is -0.0969. The van der Waals surface area contributed by atoms with E-state index < -0.39 is 31.2 Å². The van der Waals surface area contributed by atoms with Crippen molar-refractivity contribution in [2.45, 2.75) is 57.5 Å². The van der Waals surface area contributed by atoms with Crippen LogP contribution in [0.5, 0.6) is 0 Å². The molecule has 0 heterocycles. The van der Waals surface area contributed by atoms with Crippen LogP contribution in [0.15, 0.2) is 0 Å². The Bertz CT molecular complexity index is 312. The summed E-state index contributed by atoms with van der Waals surface area (Å²) >= 11 is -4.38. The average Bonchev–Trinajstić information content (AvgIpc) is 2.48. The maximum absolute atomic E-state index is 12.3. The number of esters is 1. The standard InChI is InChI=1S/C6H9O3.3C3H7O.Zr/c1-3-9-6(8)4-5(2)7;3*1-2-3-4;/h4H,3H2,1-2H3;3*2-3H2,1H3;/q;3*-1;+3. The Balaban J connectivity index is 5.55. The third-order valence-electron chi connectivity index (χ3n) is 2.80. The van der Waals surface area contributed by atoms with Crippen molar-refractivity contribution in [3.8, 4) is 0 Å². The van der Waals surface area contributed by atoms with Crippen LogP contribution in [0, 0.1) is 0 Å². The second-order valence-corrected chi connectivity index (χ2v) is 11.5. The molecule has 0 rings (SSSR count). The number of ketones is 1. The Kier molecular flexibility index (Phi) is 12.3. The van der Waals surface area contributed by atoms with Crippen molar-refractivity contribution in [2.24, 2.45) is 0 Å². The fourth-order valence-electron chi connectivity index (χ4n) is 1.89. The quantitative estimate of drug-likeness (QED) is 0.351. The van der Waals surface area contributed by atoms with Gasteiger partial charge in [0.1, 0.15) is 0 Å². The van der Waals surface area contributed by atoms with Crippen LogP contribution in [0.25, 0.3) is 0 Å². The van der Waals surface area contributed by atoms with Crippen LogP contribution in [0.3, 0.4) is 0 Å². The van der Waals surface area contributed by atoms with Crippen molar-refractivity contribution in [2.75, 3.05) is 26.4 Å². The number of hydrogen-bond acceptors (Lipinski definition) is 6. The molecule has 7 heteroatoms. The van der Waals surface area contributed by atoms with Crippen molar-refractivity contribution in [1.29, 1.82) is 0 Å². The van der Waals surface area contributed by atoms with E-state index in [0.717, 1.165) is 19.3 Å². The van der Waals surface area contributed by atoms with Crippen molar-refractivity contribution < 1.29 is 44.4 Å². The van der Waals surface area contributed by atoms with Gasteiger partial charge in [-0.15, -0.1) is 0 Å². The molecule has 0 spiro atoms. The van der Waals surface area contributed by atoms with E-state index in [0.29, 0.717) is 19.8 Å². The summed E-state index contributed by atoms with van der Waals surface area (Å²) in [4.78, 5) is 24.4. The molecule has 0 saturated carbocycles. The SMILES string of the molecule is CCC[O][Zr]([O]CCC)([O]CCC)[CH](C(C)=O)C(=O)OCC. The summed E-state index contributed by atoms with van der Waals surface area (Å²) < 4.78 is 21.8. The second kappa shape index (κ2) is 12.3. The van der Waals surface area contributed by atoms with Gasteiger partial charge in [0.05, 0.1) is 0 Å². The van der Waals surface area contributed by atoms with Gasteiger partial charge >= 0.3 is 140 Å². The Morgan fingerprint density at radius 1 is 0.864 bits per heavy atom. The minimum atomic E-state index is -4.38. The van der Waals surface area contributed by atoms with Crippen LogP contribution < -0.4 is 0 Å². The van der Waals surface area contributed by atoms with E-state index in [1.807, 2.05) is 20.8 Å². The van der Waals surface area contributed by atoms with Crippen LogP contribution in [0.4, 0.5) is 0 Å². The average molecular weight is 398 g/mol. The molecule has 0 aliphatic heterocycles. The molecule has 0 fully saturated rings. The van der Waals surface area contributed by atoms with Gasteiger partial charge < -0.3 is 0 Å². The van der Waals surface area contributed by atoms with Crippen molar-refractivity contribution in [3.63, 3.8) is 0 Å². The first-order valence-electron chi connectivity index (χ1n) is 8.07. The zero-order valence-electron chi connectivity index (χ0n) is 14.5. The number of Topliss-reactive ketones (excluding diaryl/α,β-unsaturated/α-hetero) is 1. The summed E-state index contributed by atoms with van der Waals surface area (Å²) in [6.07, 6.45) is 2.28. The van der Waals surface area contributed by atoms with Crippen molar-refractivity contribution in [3.05, 3.63) is 0 Å². The molecule has 0 amide bonds. The molecule has 1 atom stereocenters. The molecular weight excluding hydrogens is 367 g/mol. The van der Waals surface area contributed by atoms with E-state index in [-0.39, 0.29) is 12.4 Å². The molecule has 0 aromatic rings. The number of hydrogen-bond donors (Lipinski definition) is 0. The van der Waals surface area contributed by atoms with E-state index in [9.17, 15) is 9.59 Å². The van der Waals surface area contributed by atoms with Gasteiger partial charge in [-0.25, -0.2) is 0 Å². The fraction of sp³-hybridized carbons (Fsp3) is 0.867. The second-order valence-electron chi connectivity index (χ2n) is 4.94. The Labute approximate surface area is 140 Å². The van der Waals surface area contributed by atoms with Crippen LogP contribution in [0.1, 0.15) is 53.9 Å². The summed E-state index contributed by atoms with van der Waals surface area (Å²) in [6, 6.07) is 0. The zero-order chi connectivity index (χ0) is 17.0. The molecule has 130 valence electrons. The monoisotopic (exact) mass is 396 g/mol. The molecule has 0 aromatic carbocycles. The first-order chi connectivity index (χ1) is 10.5. The molecule has 0 aromatic heterocycles. The van der Waals surface area contributed by atoms with Crippen LogP contribution >= 0.6 is 0 Å². The van der Waals surface area contributed by atoms with Crippen molar-refractivity contribution in [1.82, 2.24) is 0 Å². The molecule has 22 heavy (non-hydrogen) atoms. The van der Waals surface area contributed by atoms with Gasteiger partial charge in [0.25, 0.3) is 0 Å². The summed E-state index contributed by atoms with van der Waals surface area (Å²) in [5.74, 6) is -0.897. The van der Waals surface area contributed by atoms with Gasteiger partial charge in [-0.2, -0.15) is 0 Å². The number of carbonyl (C=O) groups is 2. The predicted molar refractivity (Wildman–Crippen MR) is 79.8 cm³/mol. The summed E-state index contributed by atoms with van der Waals surface area (Å²) in [6.45, 7) is 10.4. The van der Waals surface area contributed by atoms with E-state index >= 15 is 0 Å². The first kappa shape index (κ1) is 21.9. The van der Waals surface area contributed by atoms with Gasteiger partial charge in [-0.3, -0.25) is 0 Å². The molecule has 0 N–H and O–H groups in total. The topological polar surface area (TPSA) is 71.1 Å². The van der Waals surface area contributed by atoms with E-state index in [4.69, 9.17) is 13.2 Å². The predicted octanol–water partition coefficient (Wildman–Crippen LogP) is 3.11. The minimum absolute atomic E-state index is 0.208. The van der Waals surface area contributed by atoms with Gasteiger partial charge in [0.2, 0.25) is 0 Å². The Morgan fingerprint density at radius 3 is 1.55 bits per heavy atom. The molecule has 0 radical (unpaired) electrons. The summed E-state index contributed by atoms with van der Waals surface area (Å²) in [5.41, 5.74) is 0. The Morgan fingerprint density at radius 2 is 1.27 bits per heavy atom. The van der Waals surface area contributed by atoms with Gasteiger partial charge in [-0.05, 0) is 0 Å². The third kappa shape index (κ3) is 6.99. The van der Waals surface area contributed by atoms with E-state index in [2.05, 4.69) is 0 Å². The molecule has 1 unspecified atom stereocenters. The number of rotatable bonds is 13. The number of ether oxygens (including phenoxy) is 1. The molecule has 0 saturated heterocycles. The third-order valence-corrected chi connectivity index (χ3v) is 10.6. The molecule has 0 aliphatic rings. The summed E-state index contributed by atoms with van der Waals surface area (Å²) in [7, 11) is 0. The van der Waals surface area contributed by atoms with Crippen molar-refractivity contribution >= 4 is 11.8 Å². The first-order valence-corrected chi connectivity index (χ1v) is 12.5. The fourth-order valence-corrected chi connectivity index (χ4v) is 9.48. The summed E-state index contributed by atoms with van der Waals surface area (Å²) in [5, 5.41) is 0. The number of carbonyl (C=O) groups excluding carboxylic acids is 2. The van der Waals surface area contributed by atoms with Crippen LogP contribution in [-0.2, 0) is 44.4 Å². The molecule has 0 aliphatic carbocycles. The molecular formula is C15H30O6Zr. The maximum atomic E-state index is 12.3. The van der Waals surface area contributed by atoms with E-state index in [1.54, 1.807) is 6.92 Å². The van der Waals surface area contributed by atoms with Crippen LogP contribution in [-0.4, -0.2) is 38.2 Å². The molecule has 6 nitrogen and oxygen atoms in total. The van der Waals surface area contributed by atoms with Gasteiger partial charge in [-0.1, -0.05) is 0 Å². The van der Waals surface area contributed by atoms with Crippen LogP contribution in [0.2, 0.25) is 3.63 Å². The van der Waals surface area contributed by atoms with Gasteiger partial charge in [0, 0.05) is 0 Å². The van der Waals surface area contributed by atoms with Gasteiger partial charge in [0.15, 0.2) is 0 Å². The normalized spacial score (nSPS) is 13.0.